The molecule has 86 valence electrons. The molecule has 1 aromatic rings. The molecule has 2 heterocycles. The van der Waals surface area contributed by atoms with Gasteiger partial charge in [0, 0.05) is 23.0 Å². The van der Waals surface area contributed by atoms with Crippen LogP contribution in [0.2, 0.25) is 0 Å². The molecular weight excluding hydrogens is 212 g/mol. The number of hydrogen-bond acceptors (Lipinski definition) is 2. The number of hydrogen-bond donors (Lipinski definition) is 0. The molecule has 0 saturated heterocycles. The molecule has 0 amide bonds. The molecular formula is C15H14O2. The maximum absolute atomic E-state index is 5.79. The van der Waals surface area contributed by atoms with Gasteiger partial charge in [0.1, 0.15) is 24.7 Å². The first-order valence-corrected chi connectivity index (χ1v) is 6.19. The van der Waals surface area contributed by atoms with Crippen LogP contribution in [-0.4, -0.2) is 13.2 Å². The summed E-state index contributed by atoms with van der Waals surface area (Å²) in [6.07, 6.45) is 9.99. The quantitative estimate of drug-likeness (QED) is 0.633. The summed E-state index contributed by atoms with van der Waals surface area (Å²) in [5.74, 6) is 3.08. The highest BCUT2D eigenvalue weighted by molar-refractivity contribution is 5.59. The highest BCUT2D eigenvalue weighted by atomic mass is 16.5. The standard InChI is InChI=1S/C15H14O2/c1-3-10-9-11-4-2-8-17-13-6-5-12(16-7-1)14(10)15(11)13/h1-6,10-11H,7-9H2. The molecule has 2 atom stereocenters. The van der Waals surface area contributed by atoms with Gasteiger partial charge in [-0.1, -0.05) is 24.3 Å². The number of benzene rings is 1. The summed E-state index contributed by atoms with van der Waals surface area (Å²) in [4.78, 5) is 0. The molecule has 1 aliphatic carbocycles. The molecule has 0 saturated carbocycles. The highest BCUT2D eigenvalue weighted by Gasteiger charge is 2.35. The van der Waals surface area contributed by atoms with Gasteiger partial charge in [0.25, 0.3) is 0 Å². The monoisotopic (exact) mass is 226 g/mol. The molecule has 2 nitrogen and oxygen atoms in total. The summed E-state index contributed by atoms with van der Waals surface area (Å²) in [6, 6.07) is 4.11. The van der Waals surface area contributed by atoms with Crippen molar-refractivity contribution in [1.29, 1.82) is 0 Å². The van der Waals surface area contributed by atoms with Gasteiger partial charge in [-0.05, 0) is 18.6 Å². The lowest BCUT2D eigenvalue weighted by Gasteiger charge is -2.14. The molecule has 0 bridgehead atoms. The molecule has 2 heteroatoms. The maximum atomic E-state index is 5.79. The van der Waals surface area contributed by atoms with Gasteiger partial charge in [0.15, 0.2) is 0 Å². The third kappa shape index (κ3) is 1.27. The van der Waals surface area contributed by atoms with Gasteiger partial charge < -0.3 is 9.47 Å². The van der Waals surface area contributed by atoms with Crippen LogP contribution in [-0.2, 0) is 0 Å². The van der Waals surface area contributed by atoms with E-state index in [1.807, 2.05) is 0 Å². The molecule has 0 spiro atoms. The lowest BCUT2D eigenvalue weighted by molar-refractivity contribution is 0.351. The Kier molecular flexibility index (Phi) is 1.87. The first-order valence-electron chi connectivity index (χ1n) is 6.19. The summed E-state index contributed by atoms with van der Waals surface area (Å²) in [7, 11) is 0. The first-order chi connectivity index (χ1) is 8.43. The van der Waals surface area contributed by atoms with Crippen molar-refractivity contribution in [2.45, 2.75) is 18.3 Å². The van der Waals surface area contributed by atoms with Gasteiger partial charge in [-0.25, -0.2) is 0 Å². The van der Waals surface area contributed by atoms with Crippen molar-refractivity contribution in [2.24, 2.45) is 0 Å². The Morgan fingerprint density at radius 2 is 1.35 bits per heavy atom. The number of ether oxygens (including phenoxy) is 2. The van der Waals surface area contributed by atoms with Crippen molar-refractivity contribution in [3.8, 4) is 11.5 Å². The molecule has 3 aliphatic rings. The molecule has 0 aromatic heterocycles. The SMILES string of the molecule is C1=CC2CC3C=CCOc4ccc(c2c43)OC1. The van der Waals surface area contributed by atoms with Crippen LogP contribution in [0.25, 0.3) is 0 Å². The van der Waals surface area contributed by atoms with Crippen LogP contribution in [0.4, 0.5) is 0 Å². The van der Waals surface area contributed by atoms with Crippen LogP contribution in [0.15, 0.2) is 36.4 Å². The topological polar surface area (TPSA) is 18.5 Å². The van der Waals surface area contributed by atoms with Gasteiger partial charge in [-0.3, -0.25) is 0 Å². The summed E-state index contributed by atoms with van der Waals surface area (Å²) >= 11 is 0. The van der Waals surface area contributed by atoms with Crippen molar-refractivity contribution >= 4 is 0 Å². The van der Waals surface area contributed by atoms with E-state index in [1.165, 1.54) is 11.1 Å². The third-order valence-electron chi connectivity index (χ3n) is 3.86. The molecule has 17 heavy (non-hydrogen) atoms. The second-order valence-electron chi connectivity index (χ2n) is 4.82. The van der Waals surface area contributed by atoms with E-state index in [9.17, 15) is 0 Å². The normalized spacial score (nSPS) is 27.8. The Labute approximate surface area is 101 Å². The Morgan fingerprint density at radius 1 is 0.824 bits per heavy atom. The van der Waals surface area contributed by atoms with Gasteiger partial charge in [0.05, 0.1) is 0 Å². The fourth-order valence-electron chi connectivity index (χ4n) is 3.19. The summed E-state index contributed by atoms with van der Waals surface area (Å²) in [5.41, 5.74) is 2.71. The Balaban J connectivity index is 1.99. The van der Waals surface area contributed by atoms with E-state index in [2.05, 4.69) is 36.4 Å². The smallest absolute Gasteiger partial charge is 0.124 e. The zero-order valence-electron chi connectivity index (χ0n) is 9.56. The summed E-state index contributed by atoms with van der Waals surface area (Å²) < 4.78 is 11.6. The minimum Gasteiger partial charge on any atom is -0.489 e. The van der Waals surface area contributed by atoms with Gasteiger partial charge in [-0.15, -0.1) is 0 Å². The third-order valence-corrected chi connectivity index (χ3v) is 3.86. The second kappa shape index (κ2) is 3.39. The van der Waals surface area contributed by atoms with E-state index in [0.717, 1.165) is 17.9 Å². The van der Waals surface area contributed by atoms with Crippen LogP contribution in [0.1, 0.15) is 29.4 Å². The molecule has 0 N–H and O–H groups in total. The number of rotatable bonds is 0. The molecule has 4 rings (SSSR count). The molecule has 2 aliphatic heterocycles. The lowest BCUT2D eigenvalue weighted by Crippen LogP contribution is -1.99. The van der Waals surface area contributed by atoms with Crippen molar-refractivity contribution in [1.82, 2.24) is 0 Å². The van der Waals surface area contributed by atoms with Crippen LogP contribution in [0.5, 0.6) is 11.5 Å². The van der Waals surface area contributed by atoms with Crippen molar-refractivity contribution in [3.63, 3.8) is 0 Å². The van der Waals surface area contributed by atoms with Gasteiger partial charge in [0.2, 0.25) is 0 Å². The van der Waals surface area contributed by atoms with E-state index < -0.39 is 0 Å². The average Bonchev–Trinajstić information content (AvgIpc) is 2.52. The predicted molar refractivity (Wildman–Crippen MR) is 65.8 cm³/mol. The minimum atomic E-state index is 0.499. The van der Waals surface area contributed by atoms with Gasteiger partial charge in [-0.2, -0.15) is 0 Å². The van der Waals surface area contributed by atoms with Crippen molar-refractivity contribution in [3.05, 3.63) is 47.6 Å². The first kappa shape index (κ1) is 9.34. The van der Waals surface area contributed by atoms with Crippen LogP contribution >= 0.6 is 0 Å². The summed E-state index contributed by atoms with van der Waals surface area (Å²) in [5, 5.41) is 0. The van der Waals surface area contributed by atoms with Crippen LogP contribution in [0.3, 0.4) is 0 Å². The van der Waals surface area contributed by atoms with E-state index >= 15 is 0 Å². The fourth-order valence-corrected chi connectivity index (χ4v) is 3.19. The van der Waals surface area contributed by atoms with E-state index in [0.29, 0.717) is 25.0 Å². The Hall–Kier alpha value is -1.70. The van der Waals surface area contributed by atoms with Crippen molar-refractivity contribution in [2.75, 3.05) is 13.2 Å². The van der Waals surface area contributed by atoms with E-state index in [4.69, 9.17) is 9.47 Å². The van der Waals surface area contributed by atoms with Crippen molar-refractivity contribution < 1.29 is 9.47 Å². The predicted octanol–water partition coefficient (Wildman–Crippen LogP) is 3.15. The lowest BCUT2D eigenvalue weighted by atomic mass is 9.99. The van der Waals surface area contributed by atoms with E-state index in [-0.39, 0.29) is 0 Å². The van der Waals surface area contributed by atoms with E-state index in [1.54, 1.807) is 0 Å². The summed E-state index contributed by atoms with van der Waals surface area (Å²) in [6.45, 7) is 1.37. The molecule has 2 unspecified atom stereocenters. The molecule has 1 aromatic carbocycles. The largest absolute Gasteiger partial charge is 0.489 e. The maximum Gasteiger partial charge on any atom is 0.124 e. The van der Waals surface area contributed by atoms with Crippen LogP contribution in [0, 0.1) is 0 Å². The molecule has 0 radical (unpaired) electrons. The second-order valence-corrected chi connectivity index (χ2v) is 4.82. The van der Waals surface area contributed by atoms with Gasteiger partial charge >= 0.3 is 0 Å². The average molecular weight is 226 g/mol. The highest BCUT2D eigenvalue weighted by Crippen LogP contribution is 2.52. The number of allylic oxidation sites excluding steroid dienone is 2. The zero-order chi connectivity index (χ0) is 11.2. The Morgan fingerprint density at radius 3 is 1.88 bits per heavy atom. The fraction of sp³-hybridized carbons (Fsp3) is 0.333. The minimum absolute atomic E-state index is 0.499. The molecule has 0 fully saturated rings. The Bertz CT molecular complexity index is 481. The zero-order valence-corrected chi connectivity index (χ0v) is 9.56. The van der Waals surface area contributed by atoms with Crippen LogP contribution < -0.4 is 9.47 Å².